The van der Waals surface area contributed by atoms with Gasteiger partial charge in [0, 0.05) is 12.8 Å². The van der Waals surface area contributed by atoms with Crippen molar-refractivity contribution in [3.8, 4) is 11.5 Å². The molecule has 1 atom stereocenters. The zero-order valence-electron chi connectivity index (χ0n) is 17.1. The lowest BCUT2D eigenvalue weighted by Gasteiger charge is -2.24. The van der Waals surface area contributed by atoms with Crippen molar-refractivity contribution >= 4 is 23.0 Å². The molecule has 1 saturated heterocycles. The molecule has 0 amide bonds. The first-order chi connectivity index (χ1) is 15.1. The number of carbonyl (C=O) groups is 2. The number of aldehydes is 1. The third-order valence-electron chi connectivity index (χ3n) is 5.33. The molecule has 0 aliphatic carbocycles. The zero-order valence-corrected chi connectivity index (χ0v) is 17.1. The van der Waals surface area contributed by atoms with E-state index >= 15 is 0 Å². The van der Waals surface area contributed by atoms with Gasteiger partial charge >= 0.3 is 5.97 Å². The molecule has 0 saturated carbocycles. The zero-order chi connectivity index (χ0) is 21.6. The first-order valence-electron chi connectivity index (χ1n) is 10.4. The van der Waals surface area contributed by atoms with Crippen LogP contribution in [0.4, 0.5) is 0 Å². The summed E-state index contributed by atoms with van der Waals surface area (Å²) < 4.78 is 16.9. The molecule has 0 aromatic heterocycles. The van der Waals surface area contributed by atoms with E-state index in [0.717, 1.165) is 36.5 Å². The van der Waals surface area contributed by atoms with Crippen LogP contribution in [-0.2, 0) is 15.9 Å². The second kappa shape index (κ2) is 9.62. The van der Waals surface area contributed by atoms with Crippen LogP contribution in [0.1, 0.15) is 45.5 Å². The summed E-state index contributed by atoms with van der Waals surface area (Å²) in [6, 6.07) is 15.5. The predicted molar refractivity (Wildman–Crippen MR) is 116 cm³/mol. The van der Waals surface area contributed by atoms with Gasteiger partial charge in [0.15, 0.2) is 12.6 Å². The minimum absolute atomic E-state index is 0.200. The smallest absolute Gasteiger partial charge is 0.338 e. The van der Waals surface area contributed by atoms with Crippen molar-refractivity contribution in [2.75, 3.05) is 13.2 Å². The van der Waals surface area contributed by atoms with Crippen molar-refractivity contribution in [3.63, 3.8) is 0 Å². The Kier molecular flexibility index (Phi) is 6.48. The van der Waals surface area contributed by atoms with Crippen molar-refractivity contribution in [1.29, 1.82) is 0 Å². The summed E-state index contributed by atoms with van der Waals surface area (Å²) in [5.74, 6) is 0.259. The van der Waals surface area contributed by atoms with Gasteiger partial charge in [-0.1, -0.05) is 24.3 Å². The van der Waals surface area contributed by atoms with Crippen LogP contribution in [0.5, 0.6) is 11.5 Å². The van der Waals surface area contributed by atoms with Gasteiger partial charge in [0.05, 0.1) is 24.3 Å². The Hall–Kier alpha value is -3.38. The van der Waals surface area contributed by atoms with E-state index in [0.29, 0.717) is 35.3 Å². The van der Waals surface area contributed by atoms with E-state index in [4.69, 9.17) is 14.2 Å². The lowest BCUT2D eigenvalue weighted by atomic mass is 10.0. The molecule has 0 spiro atoms. The maximum absolute atomic E-state index is 12.4. The van der Waals surface area contributed by atoms with Crippen LogP contribution in [0.25, 0.3) is 10.8 Å². The number of benzene rings is 3. The molecule has 0 radical (unpaired) electrons. The van der Waals surface area contributed by atoms with E-state index in [1.807, 2.05) is 6.07 Å². The monoisotopic (exact) mass is 420 g/mol. The number of carbonyl (C=O) groups excluding carboxylic acids is 2. The third-order valence-corrected chi connectivity index (χ3v) is 5.33. The van der Waals surface area contributed by atoms with Crippen LogP contribution in [0.15, 0.2) is 54.6 Å². The van der Waals surface area contributed by atoms with E-state index < -0.39 is 5.97 Å². The Bertz CT molecular complexity index is 1070. The van der Waals surface area contributed by atoms with Crippen LogP contribution >= 0.6 is 0 Å². The lowest BCUT2D eigenvalue weighted by Crippen LogP contribution is -2.25. The molecule has 1 heterocycles. The van der Waals surface area contributed by atoms with E-state index in [9.17, 15) is 14.7 Å². The summed E-state index contributed by atoms with van der Waals surface area (Å²) in [6.45, 7) is 0.891. The number of ether oxygens (including phenoxy) is 3. The molecule has 1 fully saturated rings. The highest BCUT2D eigenvalue weighted by atomic mass is 16.7. The van der Waals surface area contributed by atoms with Gasteiger partial charge < -0.3 is 19.3 Å². The van der Waals surface area contributed by atoms with Crippen LogP contribution in [0, 0.1) is 0 Å². The standard InChI is InChI=1S/C25H24O6/c26-16-22-21-10-6-19(25(28)30-14-12-17-4-8-20(27)9-5-17)15-18(21)7-11-23(22)31-24-3-1-2-13-29-24/h4-11,15-16,24,27H,1-3,12-14H2. The average Bonchev–Trinajstić information content (AvgIpc) is 2.80. The Morgan fingerprint density at radius 2 is 1.94 bits per heavy atom. The molecule has 6 nitrogen and oxygen atoms in total. The Balaban J connectivity index is 1.45. The highest BCUT2D eigenvalue weighted by molar-refractivity contribution is 6.03. The minimum Gasteiger partial charge on any atom is -0.508 e. The van der Waals surface area contributed by atoms with Crippen molar-refractivity contribution in [2.45, 2.75) is 32.0 Å². The molecular weight excluding hydrogens is 396 g/mol. The van der Waals surface area contributed by atoms with Gasteiger partial charge in [-0.3, -0.25) is 4.79 Å². The summed E-state index contributed by atoms with van der Waals surface area (Å²) in [6.07, 6.45) is 3.84. The first-order valence-corrected chi connectivity index (χ1v) is 10.4. The molecule has 1 aliphatic rings. The van der Waals surface area contributed by atoms with E-state index in [1.165, 1.54) is 0 Å². The maximum atomic E-state index is 12.4. The average molecular weight is 420 g/mol. The normalized spacial score (nSPS) is 16.1. The lowest BCUT2D eigenvalue weighted by molar-refractivity contribution is -0.105. The fourth-order valence-electron chi connectivity index (χ4n) is 3.64. The van der Waals surface area contributed by atoms with Gasteiger partial charge in [-0.25, -0.2) is 4.79 Å². The Labute approximate surface area is 180 Å². The molecule has 6 heteroatoms. The minimum atomic E-state index is -0.427. The van der Waals surface area contributed by atoms with Crippen LogP contribution in [0.2, 0.25) is 0 Å². The highest BCUT2D eigenvalue weighted by Gasteiger charge is 2.18. The van der Waals surface area contributed by atoms with Crippen molar-refractivity contribution < 1.29 is 28.9 Å². The fraction of sp³-hybridized carbons (Fsp3) is 0.280. The molecule has 3 aromatic rings. The van der Waals surface area contributed by atoms with Gasteiger partial charge in [0.1, 0.15) is 11.5 Å². The fourth-order valence-corrected chi connectivity index (χ4v) is 3.64. The number of fused-ring (bicyclic) bond motifs is 1. The summed E-state index contributed by atoms with van der Waals surface area (Å²) in [5.41, 5.74) is 1.83. The molecule has 1 aliphatic heterocycles. The van der Waals surface area contributed by atoms with Crippen LogP contribution in [0.3, 0.4) is 0 Å². The molecule has 1 unspecified atom stereocenters. The predicted octanol–water partition coefficient (Wildman–Crippen LogP) is 4.66. The van der Waals surface area contributed by atoms with Gasteiger partial charge in [-0.05, 0) is 59.5 Å². The SMILES string of the molecule is O=Cc1c(OC2CCCCO2)ccc2cc(C(=O)OCCc3ccc(O)cc3)ccc12. The molecule has 3 aromatic carbocycles. The number of hydrogen-bond donors (Lipinski definition) is 1. The molecular formula is C25H24O6. The third kappa shape index (κ3) is 5.03. The highest BCUT2D eigenvalue weighted by Crippen LogP contribution is 2.30. The molecule has 31 heavy (non-hydrogen) atoms. The summed E-state index contributed by atoms with van der Waals surface area (Å²) in [7, 11) is 0. The van der Waals surface area contributed by atoms with Gasteiger partial charge in [-0.2, -0.15) is 0 Å². The van der Waals surface area contributed by atoms with Crippen molar-refractivity contribution in [3.05, 3.63) is 71.3 Å². The summed E-state index contributed by atoms with van der Waals surface area (Å²) in [4.78, 5) is 24.2. The number of hydrogen-bond acceptors (Lipinski definition) is 6. The topological polar surface area (TPSA) is 82.1 Å². The van der Waals surface area contributed by atoms with Crippen LogP contribution in [-0.4, -0.2) is 36.9 Å². The van der Waals surface area contributed by atoms with E-state index in [2.05, 4.69) is 0 Å². The van der Waals surface area contributed by atoms with E-state index in [1.54, 1.807) is 48.5 Å². The molecule has 1 N–H and O–H groups in total. The first kappa shape index (κ1) is 20.9. The maximum Gasteiger partial charge on any atom is 0.338 e. The largest absolute Gasteiger partial charge is 0.508 e. The van der Waals surface area contributed by atoms with E-state index in [-0.39, 0.29) is 18.6 Å². The molecule has 160 valence electrons. The van der Waals surface area contributed by atoms with Gasteiger partial charge in [0.25, 0.3) is 0 Å². The second-order valence-corrected chi connectivity index (χ2v) is 7.50. The summed E-state index contributed by atoms with van der Waals surface area (Å²) in [5, 5.41) is 10.8. The number of phenols is 1. The van der Waals surface area contributed by atoms with Gasteiger partial charge in [0.2, 0.25) is 0 Å². The van der Waals surface area contributed by atoms with Crippen molar-refractivity contribution in [2.24, 2.45) is 0 Å². The number of esters is 1. The Morgan fingerprint density at radius 3 is 2.68 bits per heavy atom. The van der Waals surface area contributed by atoms with Crippen molar-refractivity contribution in [1.82, 2.24) is 0 Å². The quantitative estimate of drug-likeness (QED) is 0.442. The number of rotatable bonds is 7. The second-order valence-electron chi connectivity index (χ2n) is 7.50. The van der Waals surface area contributed by atoms with Gasteiger partial charge in [-0.15, -0.1) is 0 Å². The molecule has 4 rings (SSSR count). The number of aromatic hydroxyl groups is 1. The van der Waals surface area contributed by atoms with Crippen LogP contribution < -0.4 is 4.74 Å². The summed E-state index contributed by atoms with van der Waals surface area (Å²) >= 11 is 0. The molecule has 0 bridgehead atoms. The Morgan fingerprint density at radius 1 is 1.10 bits per heavy atom. The number of phenolic OH excluding ortho intramolecular Hbond substituents is 1.